The standard InChI is InChI=1S/C17H19F2NO/c1-10(2)13-5-4-11(3)16(8-13)21-17-14(18)6-12(9-20)7-15(17)19/h4-8,10H,9,20H2,1-3H3. The molecule has 0 amide bonds. The molecule has 0 spiro atoms. The van der Waals surface area contributed by atoms with Crippen LogP contribution in [0.5, 0.6) is 11.5 Å². The molecule has 112 valence electrons. The zero-order valence-corrected chi connectivity index (χ0v) is 12.4. The predicted molar refractivity (Wildman–Crippen MR) is 79.6 cm³/mol. The van der Waals surface area contributed by atoms with Gasteiger partial charge in [0, 0.05) is 6.54 Å². The van der Waals surface area contributed by atoms with Crippen molar-refractivity contribution >= 4 is 0 Å². The number of benzene rings is 2. The number of aryl methyl sites for hydroxylation is 1. The van der Waals surface area contributed by atoms with E-state index < -0.39 is 17.4 Å². The van der Waals surface area contributed by atoms with Gasteiger partial charge >= 0.3 is 0 Å². The molecule has 0 saturated carbocycles. The molecule has 2 rings (SSSR count). The summed E-state index contributed by atoms with van der Waals surface area (Å²) in [5.41, 5.74) is 7.66. The third-order valence-electron chi connectivity index (χ3n) is 3.38. The SMILES string of the molecule is Cc1ccc(C(C)C)cc1Oc1c(F)cc(CN)cc1F. The van der Waals surface area contributed by atoms with Crippen LogP contribution in [0.1, 0.15) is 36.5 Å². The predicted octanol–water partition coefficient (Wildman–Crippen LogP) is 4.65. The zero-order valence-electron chi connectivity index (χ0n) is 12.4. The third-order valence-corrected chi connectivity index (χ3v) is 3.38. The van der Waals surface area contributed by atoms with E-state index >= 15 is 0 Å². The Kier molecular flexibility index (Phi) is 4.58. The Labute approximate surface area is 123 Å². The molecule has 0 aromatic heterocycles. The van der Waals surface area contributed by atoms with Gasteiger partial charge in [0.25, 0.3) is 0 Å². The van der Waals surface area contributed by atoms with E-state index in [0.717, 1.165) is 11.1 Å². The maximum Gasteiger partial charge on any atom is 0.198 e. The summed E-state index contributed by atoms with van der Waals surface area (Å²) < 4.78 is 33.4. The summed E-state index contributed by atoms with van der Waals surface area (Å²) in [6.45, 7) is 6.01. The van der Waals surface area contributed by atoms with Gasteiger partial charge in [0.2, 0.25) is 0 Å². The van der Waals surface area contributed by atoms with Crippen molar-refractivity contribution in [3.63, 3.8) is 0 Å². The van der Waals surface area contributed by atoms with E-state index in [0.29, 0.717) is 17.2 Å². The fraction of sp³-hybridized carbons (Fsp3) is 0.294. The van der Waals surface area contributed by atoms with Crippen LogP contribution in [0.25, 0.3) is 0 Å². The molecule has 21 heavy (non-hydrogen) atoms. The summed E-state index contributed by atoms with van der Waals surface area (Å²) in [6, 6.07) is 8.07. The molecule has 0 aliphatic carbocycles. The Bertz CT molecular complexity index is 630. The molecule has 4 heteroatoms. The van der Waals surface area contributed by atoms with Crippen molar-refractivity contribution in [2.75, 3.05) is 0 Å². The molecular weight excluding hydrogens is 272 g/mol. The van der Waals surface area contributed by atoms with Crippen LogP contribution in [0.3, 0.4) is 0 Å². The minimum atomic E-state index is -0.746. The maximum atomic E-state index is 14.0. The average molecular weight is 291 g/mol. The summed E-state index contributed by atoms with van der Waals surface area (Å²) >= 11 is 0. The number of hydrogen-bond acceptors (Lipinski definition) is 2. The van der Waals surface area contributed by atoms with Crippen LogP contribution < -0.4 is 10.5 Å². The Morgan fingerprint density at radius 2 is 1.71 bits per heavy atom. The van der Waals surface area contributed by atoms with Gasteiger partial charge in [0.15, 0.2) is 17.4 Å². The Morgan fingerprint density at radius 1 is 1.10 bits per heavy atom. The highest BCUT2D eigenvalue weighted by Crippen LogP contribution is 2.32. The molecule has 0 fully saturated rings. The van der Waals surface area contributed by atoms with Crippen molar-refractivity contribution in [2.24, 2.45) is 5.73 Å². The number of ether oxygens (including phenoxy) is 1. The van der Waals surface area contributed by atoms with E-state index in [1.807, 2.05) is 39.0 Å². The van der Waals surface area contributed by atoms with Crippen molar-refractivity contribution in [3.05, 3.63) is 58.7 Å². The Balaban J connectivity index is 2.40. The molecule has 0 bridgehead atoms. The fourth-order valence-corrected chi connectivity index (χ4v) is 2.02. The molecule has 2 N–H and O–H groups in total. The van der Waals surface area contributed by atoms with Crippen molar-refractivity contribution in [2.45, 2.75) is 33.2 Å². The number of hydrogen-bond donors (Lipinski definition) is 1. The highest BCUT2D eigenvalue weighted by molar-refractivity contribution is 5.42. The summed E-state index contributed by atoms with van der Waals surface area (Å²) in [5, 5.41) is 0. The third kappa shape index (κ3) is 3.39. The van der Waals surface area contributed by atoms with Crippen LogP contribution in [-0.2, 0) is 6.54 Å². The molecular formula is C17H19F2NO. The molecule has 0 aliphatic rings. The second-order valence-corrected chi connectivity index (χ2v) is 5.37. The normalized spacial score (nSPS) is 11.0. The number of rotatable bonds is 4. The van der Waals surface area contributed by atoms with Gasteiger partial charge in [-0.15, -0.1) is 0 Å². The molecule has 0 atom stereocenters. The van der Waals surface area contributed by atoms with E-state index in [1.165, 1.54) is 12.1 Å². The highest BCUT2D eigenvalue weighted by atomic mass is 19.1. The van der Waals surface area contributed by atoms with E-state index in [9.17, 15) is 8.78 Å². The molecule has 0 heterocycles. The first-order valence-corrected chi connectivity index (χ1v) is 6.88. The van der Waals surface area contributed by atoms with Crippen LogP contribution in [0.4, 0.5) is 8.78 Å². The van der Waals surface area contributed by atoms with Crippen molar-refractivity contribution < 1.29 is 13.5 Å². The summed E-state index contributed by atoms with van der Waals surface area (Å²) in [5.74, 6) is -1.12. The molecule has 0 unspecified atom stereocenters. The smallest absolute Gasteiger partial charge is 0.198 e. The van der Waals surface area contributed by atoms with Gasteiger partial charge in [-0.25, -0.2) is 8.78 Å². The molecule has 0 radical (unpaired) electrons. The van der Waals surface area contributed by atoms with Gasteiger partial charge in [-0.3, -0.25) is 0 Å². The lowest BCUT2D eigenvalue weighted by Crippen LogP contribution is -2.01. The van der Waals surface area contributed by atoms with E-state index in [2.05, 4.69) is 0 Å². The molecule has 0 saturated heterocycles. The quantitative estimate of drug-likeness (QED) is 0.890. The lowest BCUT2D eigenvalue weighted by molar-refractivity contribution is 0.404. The number of nitrogens with two attached hydrogens (primary N) is 1. The highest BCUT2D eigenvalue weighted by Gasteiger charge is 2.15. The topological polar surface area (TPSA) is 35.2 Å². The average Bonchev–Trinajstić information content (AvgIpc) is 2.44. The Hall–Kier alpha value is -1.94. The first-order valence-electron chi connectivity index (χ1n) is 6.88. The zero-order chi connectivity index (χ0) is 15.6. The molecule has 2 aromatic carbocycles. The maximum absolute atomic E-state index is 14.0. The molecule has 2 aromatic rings. The van der Waals surface area contributed by atoms with Crippen molar-refractivity contribution in [1.82, 2.24) is 0 Å². The van der Waals surface area contributed by atoms with Crippen LogP contribution in [0.2, 0.25) is 0 Å². The summed E-state index contributed by atoms with van der Waals surface area (Å²) in [6.07, 6.45) is 0. The van der Waals surface area contributed by atoms with Gasteiger partial charge in [-0.1, -0.05) is 26.0 Å². The summed E-state index contributed by atoms with van der Waals surface area (Å²) in [4.78, 5) is 0. The minimum absolute atomic E-state index is 0.0793. The van der Waals surface area contributed by atoms with E-state index in [-0.39, 0.29) is 6.54 Å². The van der Waals surface area contributed by atoms with E-state index in [4.69, 9.17) is 10.5 Å². The first-order chi connectivity index (χ1) is 9.92. The minimum Gasteiger partial charge on any atom is -0.451 e. The fourth-order valence-electron chi connectivity index (χ4n) is 2.02. The number of halogens is 2. The van der Waals surface area contributed by atoms with Crippen molar-refractivity contribution in [1.29, 1.82) is 0 Å². The van der Waals surface area contributed by atoms with Gasteiger partial charge in [0.05, 0.1) is 0 Å². The largest absolute Gasteiger partial charge is 0.451 e. The second kappa shape index (κ2) is 6.22. The van der Waals surface area contributed by atoms with Crippen LogP contribution in [0.15, 0.2) is 30.3 Å². The lowest BCUT2D eigenvalue weighted by atomic mass is 10.0. The van der Waals surface area contributed by atoms with E-state index in [1.54, 1.807) is 0 Å². The first kappa shape index (κ1) is 15.4. The van der Waals surface area contributed by atoms with Crippen molar-refractivity contribution in [3.8, 4) is 11.5 Å². The van der Waals surface area contributed by atoms with Gasteiger partial charge in [0.1, 0.15) is 5.75 Å². The second-order valence-electron chi connectivity index (χ2n) is 5.37. The molecule has 0 aliphatic heterocycles. The van der Waals surface area contributed by atoms with Crippen LogP contribution in [-0.4, -0.2) is 0 Å². The van der Waals surface area contributed by atoms with Gasteiger partial charge < -0.3 is 10.5 Å². The van der Waals surface area contributed by atoms with Crippen LogP contribution >= 0.6 is 0 Å². The molecule has 2 nitrogen and oxygen atoms in total. The van der Waals surface area contributed by atoms with Crippen LogP contribution in [0, 0.1) is 18.6 Å². The lowest BCUT2D eigenvalue weighted by Gasteiger charge is -2.14. The Morgan fingerprint density at radius 3 is 2.24 bits per heavy atom. The van der Waals surface area contributed by atoms with Gasteiger partial charge in [-0.05, 0) is 47.7 Å². The summed E-state index contributed by atoms with van der Waals surface area (Å²) in [7, 11) is 0. The monoisotopic (exact) mass is 291 g/mol. The van der Waals surface area contributed by atoms with Gasteiger partial charge in [-0.2, -0.15) is 0 Å².